The van der Waals surface area contributed by atoms with Gasteiger partial charge in [-0.15, -0.1) is 0 Å². The fraction of sp³-hybridized carbons (Fsp3) is 0.111. The Hall–Kier alpha value is -2.00. The molecule has 0 amide bonds. The van der Waals surface area contributed by atoms with Crippen LogP contribution in [-0.2, 0) is 5.60 Å². The molecule has 2 rings (SSSR count). The minimum Gasteiger partial charge on any atom is -0.374 e. The third kappa shape index (κ3) is 3.75. The van der Waals surface area contributed by atoms with Gasteiger partial charge in [0.15, 0.2) is 0 Å². The summed E-state index contributed by atoms with van der Waals surface area (Å²) in [4.78, 5) is 0. The van der Waals surface area contributed by atoms with Crippen LogP contribution in [0.1, 0.15) is 18.1 Å². The summed E-state index contributed by atoms with van der Waals surface area (Å²) in [6, 6.07) is 17.1. The summed E-state index contributed by atoms with van der Waals surface area (Å²) >= 11 is 3.41. The highest BCUT2D eigenvalue weighted by Gasteiger charge is 2.22. The molecule has 0 aromatic heterocycles. The molecule has 0 saturated carbocycles. The van der Waals surface area contributed by atoms with E-state index >= 15 is 0 Å². The molecule has 0 aliphatic heterocycles. The lowest BCUT2D eigenvalue weighted by atomic mass is 9.97. The maximum Gasteiger partial charge on any atom is 0.150 e. The van der Waals surface area contributed by atoms with Crippen LogP contribution < -0.4 is 0 Å². The third-order valence-electron chi connectivity index (χ3n) is 2.75. The first kappa shape index (κ1) is 14.4. The van der Waals surface area contributed by atoms with E-state index in [0.717, 1.165) is 15.6 Å². The molecule has 98 valence electrons. The van der Waals surface area contributed by atoms with Crippen molar-refractivity contribution in [2.45, 2.75) is 12.5 Å². The molecule has 1 atom stereocenters. The molecule has 1 N–H and O–H groups in total. The van der Waals surface area contributed by atoms with Gasteiger partial charge in [0, 0.05) is 15.6 Å². The predicted molar refractivity (Wildman–Crippen MR) is 84.8 cm³/mol. The fourth-order valence-corrected chi connectivity index (χ4v) is 2.37. The molecule has 0 unspecified atom stereocenters. The number of rotatable bonds is 1. The van der Waals surface area contributed by atoms with Gasteiger partial charge in [-0.2, -0.15) is 0 Å². The summed E-state index contributed by atoms with van der Waals surface area (Å²) in [5, 5.41) is 10.4. The van der Waals surface area contributed by atoms with Crippen LogP contribution in [-0.4, -0.2) is 5.11 Å². The summed E-state index contributed by atoms with van der Waals surface area (Å²) in [7, 11) is 0. The Kier molecular flexibility index (Phi) is 4.64. The average Bonchev–Trinajstić information content (AvgIpc) is 2.45. The van der Waals surface area contributed by atoms with Gasteiger partial charge in [-0.1, -0.05) is 58.2 Å². The summed E-state index contributed by atoms with van der Waals surface area (Å²) in [5.41, 5.74) is 0.405. The molecule has 1 nitrogen and oxygen atoms in total. The smallest absolute Gasteiger partial charge is 0.150 e. The van der Waals surface area contributed by atoms with E-state index in [0.29, 0.717) is 0 Å². The van der Waals surface area contributed by atoms with Crippen LogP contribution in [0.25, 0.3) is 0 Å². The van der Waals surface area contributed by atoms with E-state index in [2.05, 4.69) is 39.6 Å². The van der Waals surface area contributed by atoms with Gasteiger partial charge in [0.2, 0.25) is 0 Å². The van der Waals surface area contributed by atoms with Gasteiger partial charge in [0.25, 0.3) is 0 Å². The van der Waals surface area contributed by atoms with Crippen molar-refractivity contribution in [2.24, 2.45) is 0 Å². The van der Waals surface area contributed by atoms with Gasteiger partial charge in [-0.05, 0) is 42.9 Å². The van der Waals surface area contributed by atoms with Gasteiger partial charge in [0.05, 0.1) is 0 Å². The Morgan fingerprint density at radius 2 is 1.60 bits per heavy atom. The molecule has 0 radical (unpaired) electrons. The van der Waals surface area contributed by atoms with Gasteiger partial charge < -0.3 is 5.11 Å². The molecule has 0 heterocycles. The van der Waals surface area contributed by atoms with E-state index in [9.17, 15) is 5.11 Å². The quantitative estimate of drug-likeness (QED) is 0.793. The molecular weight excluding hydrogens is 312 g/mol. The van der Waals surface area contributed by atoms with Crippen molar-refractivity contribution in [2.75, 3.05) is 0 Å². The lowest BCUT2D eigenvalue weighted by molar-refractivity contribution is 0.121. The van der Waals surface area contributed by atoms with Crippen molar-refractivity contribution in [1.82, 2.24) is 0 Å². The minimum atomic E-state index is -1.23. The van der Waals surface area contributed by atoms with Gasteiger partial charge in [-0.3, -0.25) is 0 Å². The molecule has 2 heteroatoms. The Morgan fingerprint density at radius 3 is 2.30 bits per heavy atom. The lowest BCUT2D eigenvalue weighted by Gasteiger charge is -2.17. The van der Waals surface area contributed by atoms with Crippen LogP contribution in [0.2, 0.25) is 0 Å². The van der Waals surface area contributed by atoms with E-state index in [1.54, 1.807) is 6.92 Å². The number of halogens is 1. The van der Waals surface area contributed by atoms with Crippen molar-refractivity contribution in [3.05, 3.63) is 70.2 Å². The summed E-state index contributed by atoms with van der Waals surface area (Å²) in [5.74, 6) is 11.2. The number of hydrogen-bond acceptors (Lipinski definition) is 1. The molecule has 0 aliphatic carbocycles. The normalized spacial score (nSPS) is 12.3. The van der Waals surface area contributed by atoms with E-state index < -0.39 is 5.60 Å². The molecule has 2 aromatic rings. The zero-order valence-corrected chi connectivity index (χ0v) is 12.6. The highest BCUT2D eigenvalue weighted by molar-refractivity contribution is 9.10. The van der Waals surface area contributed by atoms with Crippen LogP contribution in [0.5, 0.6) is 0 Å². The fourth-order valence-electron chi connectivity index (χ4n) is 1.70. The topological polar surface area (TPSA) is 20.2 Å². The summed E-state index contributed by atoms with van der Waals surface area (Å²) < 4.78 is 0.829. The van der Waals surface area contributed by atoms with Gasteiger partial charge >= 0.3 is 0 Å². The van der Waals surface area contributed by atoms with E-state index in [4.69, 9.17) is 0 Å². The molecule has 20 heavy (non-hydrogen) atoms. The first-order valence-electron chi connectivity index (χ1n) is 6.15. The average molecular weight is 325 g/mol. The lowest BCUT2D eigenvalue weighted by Crippen LogP contribution is -2.18. The number of benzene rings is 2. The summed E-state index contributed by atoms with van der Waals surface area (Å²) in [6.45, 7) is 1.66. The molecule has 0 spiro atoms. The number of aliphatic hydroxyl groups is 1. The Labute approximate surface area is 127 Å². The maximum absolute atomic E-state index is 10.4. The molecule has 0 fully saturated rings. The minimum absolute atomic E-state index is 0.731. The van der Waals surface area contributed by atoms with Gasteiger partial charge in [0.1, 0.15) is 5.60 Å². The maximum atomic E-state index is 10.4. The second-order valence-corrected chi connectivity index (χ2v) is 5.27. The van der Waals surface area contributed by atoms with Crippen LogP contribution in [0.15, 0.2) is 59.1 Å². The van der Waals surface area contributed by atoms with Gasteiger partial charge in [-0.25, -0.2) is 0 Å². The monoisotopic (exact) mass is 324 g/mol. The van der Waals surface area contributed by atoms with Crippen molar-refractivity contribution in [3.63, 3.8) is 0 Å². The molecule has 0 aliphatic rings. The van der Waals surface area contributed by atoms with Crippen molar-refractivity contribution in [3.8, 4) is 23.7 Å². The predicted octanol–water partition coefficient (Wildman–Crippen LogP) is 3.71. The van der Waals surface area contributed by atoms with Crippen LogP contribution in [0.4, 0.5) is 0 Å². The van der Waals surface area contributed by atoms with Crippen molar-refractivity contribution < 1.29 is 5.11 Å². The molecule has 0 saturated heterocycles. The van der Waals surface area contributed by atoms with Crippen molar-refractivity contribution >= 4 is 15.9 Å². The van der Waals surface area contributed by atoms with Crippen molar-refractivity contribution in [1.29, 1.82) is 0 Å². The Balaban J connectivity index is 2.21. The zero-order valence-electron chi connectivity index (χ0n) is 11.0. The van der Waals surface area contributed by atoms with Crippen LogP contribution >= 0.6 is 15.9 Å². The third-order valence-corrected chi connectivity index (χ3v) is 3.44. The first-order valence-corrected chi connectivity index (χ1v) is 6.94. The van der Waals surface area contributed by atoms with Crippen LogP contribution in [0.3, 0.4) is 0 Å². The van der Waals surface area contributed by atoms with E-state index in [1.165, 1.54) is 0 Å². The summed E-state index contributed by atoms with van der Waals surface area (Å²) in [6.07, 6.45) is 0. The SMILES string of the molecule is C[C@](O)(C#CC#Cc1ccccc1)c1ccccc1Br. The largest absolute Gasteiger partial charge is 0.374 e. The van der Waals surface area contributed by atoms with Crippen LogP contribution in [0, 0.1) is 23.7 Å². The molecule has 0 bridgehead atoms. The molecule has 2 aromatic carbocycles. The highest BCUT2D eigenvalue weighted by Crippen LogP contribution is 2.27. The van der Waals surface area contributed by atoms with E-state index in [-0.39, 0.29) is 0 Å². The highest BCUT2D eigenvalue weighted by atomic mass is 79.9. The standard InChI is InChI=1S/C18H13BrO/c1-18(20,16-12-5-6-13-17(16)19)14-8-7-11-15-9-3-2-4-10-15/h2-6,9-10,12-13,20H,1H3/t18-/m0/s1. The second-order valence-electron chi connectivity index (χ2n) is 4.42. The second kappa shape index (κ2) is 6.44. The Morgan fingerprint density at radius 1 is 0.950 bits per heavy atom. The van der Waals surface area contributed by atoms with E-state index in [1.807, 2.05) is 54.6 Å². The first-order chi connectivity index (χ1) is 9.59. The zero-order chi connectivity index (χ0) is 14.4. The Bertz CT molecular complexity index is 710. The molecular formula is C18H13BrO. The number of hydrogen-bond donors (Lipinski definition) is 1.